The summed E-state index contributed by atoms with van der Waals surface area (Å²) in [4.78, 5) is 15.5. The molecule has 1 aromatic heterocycles. The summed E-state index contributed by atoms with van der Waals surface area (Å²) in [7, 11) is -2.83. The lowest BCUT2D eigenvalue weighted by Gasteiger charge is -2.09. The van der Waals surface area contributed by atoms with Gasteiger partial charge in [-0.05, 0) is 18.6 Å². The Morgan fingerprint density at radius 3 is 2.74 bits per heavy atom. The first-order valence-electron chi connectivity index (χ1n) is 6.33. The van der Waals surface area contributed by atoms with E-state index in [0.717, 1.165) is 30.6 Å². The molecular formula is C13H12ClFN2O4S2. The second kappa shape index (κ2) is 6.81. The number of ether oxygens (including phenoxy) is 1. The minimum absolute atomic E-state index is 0.00872. The van der Waals surface area contributed by atoms with Crippen molar-refractivity contribution in [1.82, 2.24) is 4.98 Å². The van der Waals surface area contributed by atoms with Gasteiger partial charge < -0.3 is 4.74 Å². The molecule has 1 heterocycles. The zero-order chi connectivity index (χ0) is 17.2. The third-order valence-electron chi connectivity index (χ3n) is 2.79. The van der Waals surface area contributed by atoms with Crippen molar-refractivity contribution < 1.29 is 22.3 Å². The topological polar surface area (TPSA) is 85.4 Å². The first kappa shape index (κ1) is 17.6. The number of hydrogen-bond acceptors (Lipinski definition) is 6. The molecule has 0 atom stereocenters. The van der Waals surface area contributed by atoms with Crippen LogP contribution >= 0.6 is 22.9 Å². The quantitative estimate of drug-likeness (QED) is 0.808. The molecule has 0 unspecified atom stereocenters. The van der Waals surface area contributed by atoms with Crippen molar-refractivity contribution in [3.8, 4) is 0 Å². The number of halogens is 2. The highest BCUT2D eigenvalue weighted by atomic mass is 35.5. The number of carbonyl (C=O) groups is 1. The number of benzene rings is 1. The first-order valence-corrected chi connectivity index (χ1v) is 9.01. The summed E-state index contributed by atoms with van der Waals surface area (Å²) in [5.74, 6) is -1.94. The summed E-state index contributed by atoms with van der Waals surface area (Å²) in [5, 5.41) is 0.266. The second-order valence-corrected chi connectivity index (χ2v) is 7.77. The van der Waals surface area contributed by atoms with Crippen LogP contribution in [-0.4, -0.2) is 26.5 Å². The molecule has 23 heavy (non-hydrogen) atoms. The molecule has 0 fully saturated rings. The number of aromatic nitrogens is 1. The van der Waals surface area contributed by atoms with E-state index < -0.39 is 32.4 Å². The molecule has 10 heteroatoms. The van der Waals surface area contributed by atoms with Gasteiger partial charge in [0.1, 0.15) is 0 Å². The second-order valence-electron chi connectivity index (χ2n) is 4.34. The van der Waals surface area contributed by atoms with Crippen LogP contribution < -0.4 is 4.72 Å². The van der Waals surface area contributed by atoms with Gasteiger partial charge in [-0.3, -0.25) is 4.72 Å². The van der Waals surface area contributed by atoms with Crippen LogP contribution in [0.1, 0.15) is 22.3 Å². The maximum absolute atomic E-state index is 13.8. The fourth-order valence-electron chi connectivity index (χ4n) is 1.69. The van der Waals surface area contributed by atoms with Gasteiger partial charge in [0, 0.05) is 0 Å². The van der Waals surface area contributed by atoms with Crippen LogP contribution in [0.2, 0.25) is 5.02 Å². The van der Waals surface area contributed by atoms with Crippen molar-refractivity contribution in [3.63, 3.8) is 0 Å². The Morgan fingerprint density at radius 1 is 1.48 bits per heavy atom. The third kappa shape index (κ3) is 3.80. The van der Waals surface area contributed by atoms with Crippen molar-refractivity contribution >= 4 is 44.6 Å². The number of sulfonamides is 1. The third-order valence-corrected chi connectivity index (χ3v) is 6.04. The van der Waals surface area contributed by atoms with Crippen molar-refractivity contribution in [2.75, 3.05) is 11.8 Å². The molecule has 124 valence electrons. The Morgan fingerprint density at radius 2 is 2.17 bits per heavy atom. The number of carbonyl (C=O) groups excluding carboxylic acids is 1. The summed E-state index contributed by atoms with van der Waals surface area (Å²) >= 11 is 6.72. The van der Waals surface area contributed by atoms with Gasteiger partial charge in [-0.1, -0.05) is 18.5 Å². The smallest absolute Gasteiger partial charge is 0.340 e. The lowest BCUT2D eigenvalue weighted by atomic mass is 10.2. The summed E-state index contributed by atoms with van der Waals surface area (Å²) in [6, 6.07) is 2.09. The van der Waals surface area contributed by atoms with Crippen LogP contribution in [0.3, 0.4) is 0 Å². The molecule has 1 N–H and O–H groups in total. The number of aryl methyl sites for hydroxylation is 1. The minimum Gasteiger partial charge on any atom is -0.465 e. The lowest BCUT2D eigenvalue weighted by Crippen LogP contribution is -2.13. The average molecular weight is 379 g/mol. The normalized spacial score (nSPS) is 11.3. The molecule has 0 bridgehead atoms. The fourth-order valence-corrected chi connectivity index (χ4v) is 4.07. The summed E-state index contributed by atoms with van der Waals surface area (Å²) in [5.41, 5.74) is -0.514. The summed E-state index contributed by atoms with van der Waals surface area (Å²) in [6.45, 7) is 1.85. The minimum atomic E-state index is -3.91. The molecule has 2 rings (SSSR count). The summed E-state index contributed by atoms with van der Waals surface area (Å²) < 4.78 is 45.1. The summed E-state index contributed by atoms with van der Waals surface area (Å²) in [6.07, 6.45) is 1.84. The standard InChI is InChI=1S/C13H12ClFN2O4S2/c1-3-10-16-6-11(22-10)23(19,20)17-7-4-8(13(18)21-2)12(15)9(14)5-7/h4-6,17H,3H2,1-2H3. The van der Waals surface area contributed by atoms with Crippen LogP contribution in [0.5, 0.6) is 0 Å². The fraction of sp³-hybridized carbons (Fsp3) is 0.231. The van der Waals surface area contributed by atoms with Crippen molar-refractivity contribution in [2.45, 2.75) is 17.6 Å². The van der Waals surface area contributed by atoms with Crippen LogP contribution in [0.25, 0.3) is 0 Å². The van der Waals surface area contributed by atoms with Crippen LogP contribution in [0.4, 0.5) is 10.1 Å². The van der Waals surface area contributed by atoms with Crippen molar-refractivity contribution in [3.05, 3.63) is 39.7 Å². The monoisotopic (exact) mass is 378 g/mol. The maximum Gasteiger partial charge on any atom is 0.340 e. The largest absolute Gasteiger partial charge is 0.465 e. The molecular weight excluding hydrogens is 367 g/mol. The van der Waals surface area contributed by atoms with Gasteiger partial charge in [-0.15, -0.1) is 11.3 Å². The van der Waals surface area contributed by atoms with E-state index in [4.69, 9.17) is 11.6 Å². The molecule has 0 aliphatic rings. The average Bonchev–Trinajstić information content (AvgIpc) is 2.99. The van der Waals surface area contributed by atoms with Gasteiger partial charge in [-0.25, -0.2) is 22.6 Å². The van der Waals surface area contributed by atoms with E-state index in [0.29, 0.717) is 11.4 Å². The van der Waals surface area contributed by atoms with Crippen LogP contribution in [-0.2, 0) is 21.2 Å². The Labute approximate surface area is 141 Å². The van der Waals surface area contributed by atoms with E-state index in [2.05, 4.69) is 14.4 Å². The zero-order valence-electron chi connectivity index (χ0n) is 12.1. The highest BCUT2D eigenvalue weighted by Crippen LogP contribution is 2.27. The molecule has 2 aromatic rings. The van der Waals surface area contributed by atoms with E-state index in [1.807, 2.05) is 6.92 Å². The lowest BCUT2D eigenvalue weighted by molar-refractivity contribution is 0.0595. The number of methoxy groups -OCH3 is 1. The number of nitrogens with zero attached hydrogens (tertiary/aromatic N) is 1. The predicted octanol–water partition coefficient (Wildman–Crippen LogP) is 3.09. The predicted molar refractivity (Wildman–Crippen MR) is 85.1 cm³/mol. The van der Waals surface area contributed by atoms with Crippen molar-refractivity contribution in [1.29, 1.82) is 0 Å². The number of thiazole rings is 1. The van der Waals surface area contributed by atoms with E-state index in [1.54, 1.807) is 0 Å². The first-order chi connectivity index (χ1) is 10.8. The molecule has 0 saturated heterocycles. The van der Waals surface area contributed by atoms with Gasteiger partial charge in [0.25, 0.3) is 10.0 Å². The van der Waals surface area contributed by atoms with Gasteiger partial charge in [0.2, 0.25) is 0 Å². The van der Waals surface area contributed by atoms with E-state index >= 15 is 0 Å². The highest BCUT2D eigenvalue weighted by molar-refractivity contribution is 7.94. The van der Waals surface area contributed by atoms with Gasteiger partial charge in [-0.2, -0.15) is 0 Å². The molecule has 0 radical (unpaired) electrons. The number of anilines is 1. The molecule has 1 aromatic carbocycles. The van der Waals surface area contributed by atoms with E-state index in [-0.39, 0.29) is 9.90 Å². The zero-order valence-corrected chi connectivity index (χ0v) is 14.5. The number of esters is 1. The number of hydrogen-bond donors (Lipinski definition) is 1. The van der Waals surface area contributed by atoms with Crippen molar-refractivity contribution in [2.24, 2.45) is 0 Å². The van der Waals surface area contributed by atoms with Gasteiger partial charge >= 0.3 is 5.97 Å². The Kier molecular flexibility index (Phi) is 5.23. The Bertz CT molecular complexity index is 852. The maximum atomic E-state index is 13.8. The van der Waals surface area contributed by atoms with Crippen LogP contribution in [0.15, 0.2) is 22.5 Å². The Hall–Kier alpha value is -1.71. The van der Waals surface area contributed by atoms with Crippen LogP contribution in [0, 0.1) is 5.82 Å². The molecule has 0 amide bonds. The number of rotatable bonds is 5. The van der Waals surface area contributed by atoms with E-state index in [1.165, 1.54) is 6.20 Å². The highest BCUT2D eigenvalue weighted by Gasteiger charge is 2.21. The van der Waals surface area contributed by atoms with E-state index in [9.17, 15) is 17.6 Å². The Balaban J connectivity index is 2.39. The molecule has 0 spiro atoms. The molecule has 6 nitrogen and oxygen atoms in total. The molecule has 0 saturated carbocycles. The number of nitrogens with one attached hydrogen (secondary N) is 1. The molecule has 0 aliphatic heterocycles. The van der Waals surface area contributed by atoms with Gasteiger partial charge in [0.15, 0.2) is 10.0 Å². The van der Waals surface area contributed by atoms with Gasteiger partial charge in [0.05, 0.1) is 34.6 Å². The molecule has 0 aliphatic carbocycles. The SMILES string of the molecule is CCc1ncc(S(=O)(=O)Nc2cc(Cl)c(F)c(C(=O)OC)c2)s1.